The highest BCUT2D eigenvalue weighted by atomic mass is 16.5. The van der Waals surface area contributed by atoms with E-state index in [0.29, 0.717) is 23.7 Å². The Morgan fingerprint density at radius 1 is 0.857 bits per heavy atom. The Bertz CT molecular complexity index is 1220. The fourth-order valence-electron chi connectivity index (χ4n) is 3.54. The zero-order valence-electron chi connectivity index (χ0n) is 20.1. The number of hydrogen-bond donors (Lipinski definition) is 0. The molecule has 0 bridgehead atoms. The SMILES string of the molecule is CCCCCCOc1ccc(OC(=O)c2ccc(-c3ncc(CCC)cn3)cc2)c(C#N)c1C#N. The first-order valence-electron chi connectivity index (χ1n) is 11.8. The van der Waals surface area contributed by atoms with Gasteiger partial charge in [0, 0.05) is 18.0 Å². The van der Waals surface area contributed by atoms with Crippen LogP contribution >= 0.6 is 0 Å². The van der Waals surface area contributed by atoms with Crippen LogP contribution in [-0.2, 0) is 6.42 Å². The van der Waals surface area contributed by atoms with Crippen LogP contribution in [0.3, 0.4) is 0 Å². The number of nitriles is 2. The predicted octanol–water partition coefficient (Wildman–Crippen LogP) is 6.02. The molecular weight excluding hydrogens is 440 g/mol. The number of carbonyl (C=O) groups is 1. The molecule has 7 heteroatoms. The number of aryl methyl sites for hydroxylation is 1. The fraction of sp³-hybridized carbons (Fsp3) is 0.321. The average Bonchev–Trinajstić information content (AvgIpc) is 2.89. The number of ether oxygens (including phenoxy) is 2. The molecule has 7 nitrogen and oxygen atoms in total. The Balaban J connectivity index is 1.72. The molecule has 1 aromatic heterocycles. The molecule has 0 amide bonds. The number of hydrogen-bond acceptors (Lipinski definition) is 7. The highest BCUT2D eigenvalue weighted by molar-refractivity contribution is 5.92. The molecule has 0 spiro atoms. The number of esters is 1. The Hall–Kier alpha value is -4.23. The van der Waals surface area contributed by atoms with E-state index in [0.717, 1.165) is 49.7 Å². The van der Waals surface area contributed by atoms with Crippen LogP contribution in [0.15, 0.2) is 48.8 Å². The molecule has 0 fully saturated rings. The lowest BCUT2D eigenvalue weighted by atomic mass is 10.1. The van der Waals surface area contributed by atoms with Gasteiger partial charge >= 0.3 is 5.97 Å². The number of aromatic nitrogens is 2. The van der Waals surface area contributed by atoms with E-state index in [1.54, 1.807) is 30.3 Å². The first kappa shape index (κ1) is 25.4. The van der Waals surface area contributed by atoms with Crippen LogP contribution < -0.4 is 9.47 Å². The fourth-order valence-corrected chi connectivity index (χ4v) is 3.54. The van der Waals surface area contributed by atoms with Crippen LogP contribution in [-0.4, -0.2) is 22.5 Å². The van der Waals surface area contributed by atoms with Crippen molar-refractivity contribution in [3.05, 3.63) is 71.0 Å². The standard InChI is InChI=1S/C28H28N4O3/c1-3-5-6-7-15-34-25-13-14-26(24(17-30)23(25)16-29)35-28(33)22-11-9-21(10-12-22)27-31-18-20(8-4-2)19-32-27/h9-14,18-19H,3-8,15H2,1-2H3. The van der Waals surface area contributed by atoms with E-state index >= 15 is 0 Å². The molecule has 0 aliphatic carbocycles. The predicted molar refractivity (Wildman–Crippen MR) is 132 cm³/mol. The van der Waals surface area contributed by atoms with Gasteiger partial charge in [0.15, 0.2) is 11.6 Å². The van der Waals surface area contributed by atoms with Gasteiger partial charge in [-0.1, -0.05) is 51.7 Å². The quantitative estimate of drug-likeness (QED) is 0.192. The summed E-state index contributed by atoms with van der Waals surface area (Å²) in [5.74, 6) is 0.269. The van der Waals surface area contributed by atoms with E-state index in [1.165, 1.54) is 6.07 Å². The van der Waals surface area contributed by atoms with Gasteiger partial charge < -0.3 is 9.47 Å². The molecule has 35 heavy (non-hydrogen) atoms. The molecule has 178 valence electrons. The molecule has 3 aromatic rings. The first-order chi connectivity index (χ1) is 17.1. The van der Waals surface area contributed by atoms with Gasteiger partial charge in [0.1, 0.15) is 29.0 Å². The van der Waals surface area contributed by atoms with Crippen molar-refractivity contribution in [3.8, 4) is 35.0 Å². The third-order valence-electron chi connectivity index (χ3n) is 5.43. The van der Waals surface area contributed by atoms with Crippen LogP contribution in [0.2, 0.25) is 0 Å². The molecule has 2 aromatic carbocycles. The molecule has 0 atom stereocenters. The summed E-state index contributed by atoms with van der Waals surface area (Å²) in [6.45, 7) is 4.68. The van der Waals surface area contributed by atoms with Crippen molar-refractivity contribution in [1.82, 2.24) is 9.97 Å². The minimum atomic E-state index is -0.635. The average molecular weight is 469 g/mol. The maximum atomic E-state index is 12.7. The van der Waals surface area contributed by atoms with Gasteiger partial charge in [-0.3, -0.25) is 0 Å². The largest absolute Gasteiger partial charge is 0.492 e. The normalized spacial score (nSPS) is 10.3. The highest BCUT2D eigenvalue weighted by Gasteiger charge is 2.19. The smallest absolute Gasteiger partial charge is 0.343 e. The maximum Gasteiger partial charge on any atom is 0.343 e. The van der Waals surface area contributed by atoms with Crippen molar-refractivity contribution >= 4 is 5.97 Å². The second-order valence-electron chi connectivity index (χ2n) is 8.08. The van der Waals surface area contributed by atoms with Crippen LogP contribution in [0.25, 0.3) is 11.4 Å². The number of carbonyl (C=O) groups excluding carboxylic acids is 1. The summed E-state index contributed by atoms with van der Waals surface area (Å²) in [5.41, 5.74) is 2.19. The van der Waals surface area contributed by atoms with Gasteiger partial charge in [-0.15, -0.1) is 0 Å². The van der Waals surface area contributed by atoms with Gasteiger partial charge in [-0.25, -0.2) is 14.8 Å². The van der Waals surface area contributed by atoms with E-state index in [1.807, 2.05) is 24.5 Å². The van der Waals surface area contributed by atoms with Crippen molar-refractivity contribution in [3.63, 3.8) is 0 Å². The van der Waals surface area contributed by atoms with E-state index in [9.17, 15) is 15.3 Å². The van der Waals surface area contributed by atoms with Crippen molar-refractivity contribution in [2.45, 2.75) is 52.4 Å². The second kappa shape index (κ2) is 12.9. The number of rotatable bonds is 11. The van der Waals surface area contributed by atoms with Crippen LogP contribution in [0.1, 0.15) is 73.0 Å². The minimum Gasteiger partial charge on any atom is -0.492 e. The van der Waals surface area contributed by atoms with Gasteiger partial charge in [0.25, 0.3) is 0 Å². The van der Waals surface area contributed by atoms with Crippen molar-refractivity contribution in [1.29, 1.82) is 10.5 Å². The molecule has 0 saturated carbocycles. The molecule has 0 N–H and O–H groups in total. The third kappa shape index (κ3) is 6.65. The summed E-state index contributed by atoms with van der Waals surface area (Å²) in [6, 6.07) is 13.7. The zero-order chi connectivity index (χ0) is 25.0. The van der Waals surface area contributed by atoms with E-state index in [-0.39, 0.29) is 16.9 Å². The van der Waals surface area contributed by atoms with Crippen molar-refractivity contribution < 1.29 is 14.3 Å². The van der Waals surface area contributed by atoms with E-state index < -0.39 is 5.97 Å². The Labute approximate surface area is 206 Å². The second-order valence-corrected chi connectivity index (χ2v) is 8.08. The first-order valence-corrected chi connectivity index (χ1v) is 11.8. The van der Waals surface area contributed by atoms with Crippen LogP contribution in [0.4, 0.5) is 0 Å². The van der Waals surface area contributed by atoms with E-state index in [2.05, 4.69) is 23.8 Å². The molecular formula is C28H28N4O3. The summed E-state index contributed by atoms with van der Waals surface area (Å²) in [6.07, 6.45) is 9.70. The maximum absolute atomic E-state index is 12.7. The summed E-state index contributed by atoms with van der Waals surface area (Å²) >= 11 is 0. The molecule has 0 saturated heterocycles. The molecule has 1 heterocycles. The van der Waals surface area contributed by atoms with Crippen LogP contribution in [0, 0.1) is 22.7 Å². The van der Waals surface area contributed by atoms with Gasteiger partial charge in [-0.05, 0) is 42.7 Å². The lowest BCUT2D eigenvalue weighted by Gasteiger charge is -2.12. The number of unbranched alkanes of at least 4 members (excludes halogenated alkanes) is 3. The molecule has 3 rings (SSSR count). The van der Waals surface area contributed by atoms with Gasteiger partial charge in [-0.2, -0.15) is 10.5 Å². The zero-order valence-corrected chi connectivity index (χ0v) is 20.1. The number of benzene rings is 2. The van der Waals surface area contributed by atoms with Crippen molar-refractivity contribution in [2.24, 2.45) is 0 Å². The summed E-state index contributed by atoms with van der Waals surface area (Å²) in [5, 5.41) is 19.2. The topological polar surface area (TPSA) is 109 Å². The third-order valence-corrected chi connectivity index (χ3v) is 5.43. The van der Waals surface area contributed by atoms with Gasteiger partial charge in [0.2, 0.25) is 0 Å². The minimum absolute atomic E-state index is 0.0197. The summed E-state index contributed by atoms with van der Waals surface area (Å²) in [4.78, 5) is 21.5. The lowest BCUT2D eigenvalue weighted by Crippen LogP contribution is -2.10. The Kier molecular flexibility index (Phi) is 9.33. The number of nitrogens with zero attached hydrogens (tertiary/aromatic N) is 4. The Morgan fingerprint density at radius 3 is 2.14 bits per heavy atom. The summed E-state index contributed by atoms with van der Waals surface area (Å²) < 4.78 is 11.2. The molecule has 0 aliphatic heterocycles. The Morgan fingerprint density at radius 2 is 1.51 bits per heavy atom. The summed E-state index contributed by atoms with van der Waals surface area (Å²) in [7, 11) is 0. The lowest BCUT2D eigenvalue weighted by molar-refractivity contribution is 0.0734. The highest BCUT2D eigenvalue weighted by Crippen LogP contribution is 2.30. The van der Waals surface area contributed by atoms with Gasteiger partial charge in [0.05, 0.1) is 12.2 Å². The van der Waals surface area contributed by atoms with Crippen LogP contribution in [0.5, 0.6) is 11.5 Å². The molecule has 0 aliphatic rings. The van der Waals surface area contributed by atoms with Crippen molar-refractivity contribution in [2.75, 3.05) is 6.61 Å². The molecule has 0 unspecified atom stereocenters. The monoisotopic (exact) mass is 468 g/mol. The van der Waals surface area contributed by atoms with E-state index in [4.69, 9.17) is 9.47 Å². The molecule has 0 radical (unpaired) electrons.